The Bertz CT molecular complexity index is 70.4. The topological polar surface area (TPSA) is 29.5 Å². The summed E-state index contributed by atoms with van der Waals surface area (Å²) in [6, 6.07) is 0. The van der Waals surface area contributed by atoms with Crippen LogP contribution in [0.1, 0.15) is 60.3 Å². The second-order valence-corrected chi connectivity index (χ2v) is 3.91. The Morgan fingerprint density at radius 1 is 1.00 bits per heavy atom. The lowest BCUT2D eigenvalue weighted by Crippen LogP contribution is -2.15. The predicted octanol–water partition coefficient (Wildman–Crippen LogP) is 3.86. The molecule has 0 rings (SSSR count). The Labute approximate surface area is 76.9 Å². The molecule has 0 fully saturated rings. The molecule has 0 amide bonds. The maximum Gasteiger partial charge on any atom is 0.0949 e. The van der Waals surface area contributed by atoms with E-state index < -0.39 is 5.60 Å². The molecule has 0 aromatic carbocycles. The molecule has 0 radical (unpaired) electrons. The molecule has 0 atom stereocenters. The summed E-state index contributed by atoms with van der Waals surface area (Å²) in [6.45, 7) is 9.78. The Hall–Kier alpha value is -0.0800. The number of hydrogen-bond acceptors (Lipinski definition) is 2. The second kappa shape index (κ2) is 9.01. The maximum atomic E-state index is 7.90. The highest BCUT2D eigenvalue weighted by Crippen LogP contribution is 2.01. The summed E-state index contributed by atoms with van der Waals surface area (Å²) < 4.78 is 0. The lowest BCUT2D eigenvalue weighted by atomic mass is 10.2. The fourth-order valence-electron chi connectivity index (χ4n) is 0.500. The summed E-state index contributed by atoms with van der Waals surface area (Å²) in [4.78, 5) is 3.94. The smallest absolute Gasteiger partial charge is 0.0949 e. The van der Waals surface area contributed by atoms with Crippen molar-refractivity contribution in [3.05, 3.63) is 0 Å². The van der Waals surface area contributed by atoms with Crippen molar-refractivity contribution in [3.63, 3.8) is 0 Å². The predicted molar refractivity (Wildman–Crippen MR) is 53.3 cm³/mol. The van der Waals surface area contributed by atoms with Crippen molar-refractivity contribution in [2.75, 3.05) is 0 Å². The summed E-state index contributed by atoms with van der Waals surface area (Å²) >= 11 is 0. The van der Waals surface area contributed by atoms with E-state index in [0.717, 1.165) is 0 Å². The van der Waals surface area contributed by atoms with E-state index in [-0.39, 0.29) is 0 Å². The van der Waals surface area contributed by atoms with Crippen LogP contribution in [0.15, 0.2) is 0 Å². The Balaban J connectivity index is 0. The molecule has 0 aliphatic carbocycles. The fourth-order valence-corrected chi connectivity index (χ4v) is 0.500. The molecule has 2 heteroatoms. The molecule has 0 aliphatic heterocycles. The molecule has 0 aromatic heterocycles. The van der Waals surface area contributed by atoms with Crippen LogP contribution in [0.3, 0.4) is 0 Å². The molecule has 0 unspecified atom stereocenters. The van der Waals surface area contributed by atoms with Crippen LogP contribution in [0.2, 0.25) is 0 Å². The van der Waals surface area contributed by atoms with E-state index in [0.29, 0.717) is 0 Å². The van der Waals surface area contributed by atoms with Gasteiger partial charge in [-0.15, -0.1) is 0 Å². The third-order valence-corrected chi connectivity index (χ3v) is 1.23. The molecule has 76 valence electrons. The van der Waals surface area contributed by atoms with Gasteiger partial charge in [-0.1, -0.05) is 39.5 Å². The Morgan fingerprint density at radius 3 is 1.33 bits per heavy atom. The molecule has 0 heterocycles. The van der Waals surface area contributed by atoms with E-state index in [4.69, 9.17) is 5.26 Å². The molecule has 0 bridgehead atoms. The van der Waals surface area contributed by atoms with Crippen LogP contribution in [0, 0.1) is 0 Å². The van der Waals surface area contributed by atoms with Gasteiger partial charge in [0.2, 0.25) is 0 Å². The van der Waals surface area contributed by atoms with E-state index in [9.17, 15) is 0 Å². The van der Waals surface area contributed by atoms with Gasteiger partial charge in [0.1, 0.15) is 0 Å². The van der Waals surface area contributed by atoms with Gasteiger partial charge in [0.25, 0.3) is 0 Å². The van der Waals surface area contributed by atoms with E-state index in [1.165, 1.54) is 25.7 Å². The van der Waals surface area contributed by atoms with Crippen molar-refractivity contribution in [2.45, 2.75) is 65.9 Å². The molecule has 12 heavy (non-hydrogen) atoms. The van der Waals surface area contributed by atoms with Gasteiger partial charge < -0.3 is 0 Å². The zero-order valence-electron chi connectivity index (χ0n) is 9.18. The minimum Gasteiger partial charge on any atom is -0.251 e. The van der Waals surface area contributed by atoms with Gasteiger partial charge in [0.05, 0.1) is 5.60 Å². The van der Waals surface area contributed by atoms with Crippen LogP contribution in [0.4, 0.5) is 0 Å². The standard InChI is InChI=1S/C6H14.C4H10O2/c1-3-5-6-4-2;1-4(2,3)6-5/h3-6H2,1-2H3;5H,1-3H3. The first-order valence-corrected chi connectivity index (χ1v) is 4.80. The lowest BCUT2D eigenvalue weighted by Gasteiger charge is -2.10. The van der Waals surface area contributed by atoms with E-state index >= 15 is 0 Å². The van der Waals surface area contributed by atoms with Gasteiger partial charge in [-0.3, -0.25) is 5.26 Å². The zero-order chi connectivity index (χ0) is 10.0. The van der Waals surface area contributed by atoms with Crippen molar-refractivity contribution in [2.24, 2.45) is 0 Å². The molecule has 0 saturated heterocycles. The first-order valence-electron chi connectivity index (χ1n) is 4.80. The van der Waals surface area contributed by atoms with E-state index in [1.807, 2.05) is 0 Å². The van der Waals surface area contributed by atoms with Crippen molar-refractivity contribution < 1.29 is 10.1 Å². The van der Waals surface area contributed by atoms with Crippen LogP contribution in [0.25, 0.3) is 0 Å². The Kier molecular flexibility index (Phi) is 10.8. The third kappa shape index (κ3) is 22.5. The first-order chi connectivity index (χ1) is 5.47. The van der Waals surface area contributed by atoms with E-state index in [1.54, 1.807) is 20.8 Å². The SMILES string of the molecule is CC(C)(C)OO.CCCCCC. The maximum absolute atomic E-state index is 7.90. The second-order valence-electron chi connectivity index (χ2n) is 3.91. The molecular weight excluding hydrogens is 152 g/mol. The van der Waals surface area contributed by atoms with Crippen LogP contribution in [-0.2, 0) is 4.89 Å². The number of unbranched alkanes of at least 4 members (excludes halogenated alkanes) is 3. The average Bonchev–Trinajstić information content (AvgIpc) is 2.01. The van der Waals surface area contributed by atoms with Gasteiger partial charge in [-0.05, 0) is 20.8 Å². The van der Waals surface area contributed by atoms with Gasteiger partial charge in [-0.2, -0.15) is 0 Å². The van der Waals surface area contributed by atoms with Gasteiger partial charge in [0.15, 0.2) is 0 Å². The van der Waals surface area contributed by atoms with Crippen molar-refractivity contribution in [3.8, 4) is 0 Å². The molecule has 1 N–H and O–H groups in total. The van der Waals surface area contributed by atoms with Crippen LogP contribution >= 0.6 is 0 Å². The molecule has 0 aliphatic rings. The van der Waals surface area contributed by atoms with Gasteiger partial charge in [0, 0.05) is 0 Å². The Morgan fingerprint density at radius 2 is 1.25 bits per heavy atom. The van der Waals surface area contributed by atoms with Gasteiger partial charge in [-0.25, -0.2) is 4.89 Å². The summed E-state index contributed by atoms with van der Waals surface area (Å²) in [5.41, 5.74) is -0.403. The minimum absolute atomic E-state index is 0.403. The van der Waals surface area contributed by atoms with Crippen LogP contribution in [0.5, 0.6) is 0 Å². The van der Waals surface area contributed by atoms with Crippen LogP contribution < -0.4 is 0 Å². The zero-order valence-corrected chi connectivity index (χ0v) is 9.18. The van der Waals surface area contributed by atoms with Gasteiger partial charge >= 0.3 is 0 Å². The average molecular weight is 176 g/mol. The summed E-state index contributed by atoms with van der Waals surface area (Å²) in [7, 11) is 0. The highest BCUT2D eigenvalue weighted by Gasteiger charge is 2.06. The van der Waals surface area contributed by atoms with Crippen molar-refractivity contribution in [1.29, 1.82) is 0 Å². The number of rotatable bonds is 3. The van der Waals surface area contributed by atoms with Crippen molar-refractivity contribution >= 4 is 0 Å². The molecule has 0 spiro atoms. The van der Waals surface area contributed by atoms with Crippen LogP contribution in [-0.4, -0.2) is 10.9 Å². The quantitative estimate of drug-likeness (QED) is 0.402. The summed E-state index contributed by atoms with van der Waals surface area (Å²) in [6.07, 6.45) is 5.54. The molecule has 0 saturated carbocycles. The number of hydrogen-bond donors (Lipinski definition) is 1. The minimum atomic E-state index is -0.403. The fraction of sp³-hybridized carbons (Fsp3) is 1.00. The normalized spacial score (nSPS) is 10.5. The highest BCUT2D eigenvalue weighted by molar-refractivity contribution is 4.53. The third-order valence-electron chi connectivity index (χ3n) is 1.23. The van der Waals surface area contributed by atoms with Crippen molar-refractivity contribution in [1.82, 2.24) is 0 Å². The highest BCUT2D eigenvalue weighted by atomic mass is 17.1. The molecular formula is C10H24O2. The monoisotopic (exact) mass is 176 g/mol. The lowest BCUT2D eigenvalue weighted by molar-refractivity contribution is -0.306. The largest absolute Gasteiger partial charge is 0.251 e. The summed E-state index contributed by atoms with van der Waals surface area (Å²) in [5.74, 6) is 0. The molecule has 0 aromatic rings. The van der Waals surface area contributed by atoms with E-state index in [2.05, 4.69) is 18.7 Å². The summed E-state index contributed by atoms with van der Waals surface area (Å²) in [5, 5.41) is 7.90. The molecule has 2 nitrogen and oxygen atoms in total. The first kappa shape index (κ1) is 14.4.